The van der Waals surface area contributed by atoms with E-state index in [2.05, 4.69) is 15.5 Å². The summed E-state index contributed by atoms with van der Waals surface area (Å²) in [5.74, 6) is 0. The highest BCUT2D eigenvalue weighted by Gasteiger charge is 2.30. The van der Waals surface area contributed by atoms with Gasteiger partial charge in [0.2, 0.25) is 3.79 Å². The topological polar surface area (TPSA) is 63.0 Å². The number of hydrogen-bond acceptors (Lipinski definition) is 4. The van der Waals surface area contributed by atoms with Gasteiger partial charge in [-0.3, -0.25) is 0 Å². The smallest absolute Gasteiger partial charge is 0.407 e. The van der Waals surface area contributed by atoms with E-state index in [1.165, 1.54) is 0 Å². The van der Waals surface area contributed by atoms with Crippen molar-refractivity contribution in [3.8, 4) is 0 Å². The van der Waals surface area contributed by atoms with Gasteiger partial charge in [0, 0.05) is 5.02 Å². The number of alkyl halides is 3. The van der Waals surface area contributed by atoms with Gasteiger partial charge in [-0.2, -0.15) is 10.2 Å². The van der Waals surface area contributed by atoms with Gasteiger partial charge in [-0.05, 0) is 17.7 Å². The molecule has 114 valence electrons. The zero-order valence-corrected chi connectivity index (χ0v) is 13.6. The van der Waals surface area contributed by atoms with Crippen LogP contribution in [-0.2, 0) is 4.74 Å². The Balaban J connectivity index is 1.94. The monoisotopic (exact) mass is 369 g/mol. The van der Waals surface area contributed by atoms with E-state index >= 15 is 0 Å². The Labute approximate surface area is 141 Å². The number of ether oxygens (including phenoxy) is 1. The lowest BCUT2D eigenvalue weighted by Gasteiger charge is -2.19. The van der Waals surface area contributed by atoms with Gasteiger partial charge >= 0.3 is 6.09 Å². The van der Waals surface area contributed by atoms with Crippen molar-refractivity contribution in [2.75, 3.05) is 13.2 Å². The molecular weight excluding hydrogens is 360 g/mol. The highest BCUT2D eigenvalue weighted by Crippen LogP contribution is 2.28. The van der Waals surface area contributed by atoms with E-state index in [1.54, 1.807) is 12.1 Å². The van der Waals surface area contributed by atoms with E-state index < -0.39 is 9.89 Å². The first-order valence-electron chi connectivity index (χ1n) is 5.97. The van der Waals surface area contributed by atoms with Gasteiger partial charge in [-0.25, -0.2) is 4.79 Å². The number of halogens is 4. The number of hydrogen-bond donors (Lipinski definition) is 1. The molecule has 1 N–H and O–H groups in total. The molecule has 1 amide bonds. The lowest BCUT2D eigenvalue weighted by atomic mass is 10.0. The second-order valence-electron chi connectivity index (χ2n) is 4.38. The minimum Gasteiger partial charge on any atom is -0.445 e. The Morgan fingerprint density at radius 1 is 1.33 bits per heavy atom. The van der Waals surface area contributed by atoms with Crippen molar-refractivity contribution < 1.29 is 9.53 Å². The molecule has 1 aliphatic rings. The van der Waals surface area contributed by atoms with Crippen molar-refractivity contribution >= 4 is 52.5 Å². The predicted octanol–water partition coefficient (Wildman–Crippen LogP) is 4.31. The van der Waals surface area contributed by atoms with Crippen LogP contribution in [0.2, 0.25) is 5.02 Å². The van der Waals surface area contributed by atoms with E-state index in [0.717, 1.165) is 5.56 Å². The Kier molecular flexibility index (Phi) is 5.54. The van der Waals surface area contributed by atoms with Crippen LogP contribution in [0.4, 0.5) is 4.79 Å². The average molecular weight is 371 g/mol. The lowest BCUT2D eigenvalue weighted by Crippen LogP contribution is -2.40. The maximum atomic E-state index is 11.7. The van der Waals surface area contributed by atoms with Gasteiger partial charge in [0.15, 0.2) is 0 Å². The molecule has 2 unspecified atom stereocenters. The van der Waals surface area contributed by atoms with Crippen LogP contribution < -0.4 is 5.32 Å². The fraction of sp³-hybridized carbons (Fsp3) is 0.417. The van der Waals surface area contributed by atoms with E-state index in [1.807, 2.05) is 12.1 Å². The molecule has 1 heterocycles. The molecule has 1 aliphatic heterocycles. The zero-order chi connectivity index (χ0) is 15.5. The van der Waals surface area contributed by atoms with Gasteiger partial charge in [0.25, 0.3) is 0 Å². The number of carbonyl (C=O) groups is 1. The Morgan fingerprint density at radius 3 is 2.62 bits per heavy atom. The third kappa shape index (κ3) is 5.18. The van der Waals surface area contributed by atoms with Crippen molar-refractivity contribution in [3.63, 3.8) is 0 Å². The van der Waals surface area contributed by atoms with Crippen molar-refractivity contribution in [1.82, 2.24) is 5.32 Å². The summed E-state index contributed by atoms with van der Waals surface area (Å²) >= 11 is 22.4. The summed E-state index contributed by atoms with van der Waals surface area (Å²) < 4.78 is 3.18. The summed E-state index contributed by atoms with van der Waals surface area (Å²) in [5.41, 5.74) is 0.896. The van der Waals surface area contributed by atoms with Crippen LogP contribution in [-0.4, -0.2) is 29.1 Å². The molecule has 2 rings (SSSR count). The van der Waals surface area contributed by atoms with E-state index in [4.69, 9.17) is 51.1 Å². The number of amides is 1. The molecule has 0 saturated carbocycles. The second-order valence-corrected chi connectivity index (χ2v) is 7.33. The molecule has 9 heteroatoms. The first kappa shape index (κ1) is 16.6. The van der Waals surface area contributed by atoms with E-state index in [-0.39, 0.29) is 18.7 Å². The lowest BCUT2D eigenvalue weighted by molar-refractivity contribution is 0.144. The fourth-order valence-electron chi connectivity index (χ4n) is 1.83. The molecule has 2 atom stereocenters. The predicted molar refractivity (Wildman–Crippen MR) is 82.5 cm³/mol. The standard InChI is InChI=1S/C12H11Cl4N3O2/c13-8-3-1-7(2-4-8)10-9(5-17-19-10)18-11(20)21-6-12(14,15)16/h1-4,9-10H,5-6H2,(H,18,20). The number of carbonyl (C=O) groups excluding carboxylic acids is 1. The van der Waals surface area contributed by atoms with Gasteiger partial charge in [-0.1, -0.05) is 58.5 Å². The van der Waals surface area contributed by atoms with Crippen LogP contribution in [0.25, 0.3) is 0 Å². The molecule has 0 bridgehead atoms. The summed E-state index contributed by atoms with van der Waals surface area (Å²) in [6, 6.07) is 6.57. The molecule has 21 heavy (non-hydrogen) atoms. The van der Waals surface area contributed by atoms with Gasteiger partial charge in [-0.15, -0.1) is 0 Å². The second kappa shape index (κ2) is 7.01. The number of benzene rings is 1. The quantitative estimate of drug-likeness (QED) is 0.805. The molecule has 0 spiro atoms. The number of nitrogens with zero attached hydrogens (tertiary/aromatic N) is 2. The molecule has 0 fully saturated rings. The largest absolute Gasteiger partial charge is 0.445 e. The normalized spacial score (nSPS) is 21.3. The van der Waals surface area contributed by atoms with Crippen LogP contribution in [0.15, 0.2) is 34.5 Å². The number of rotatable bonds is 3. The number of nitrogens with one attached hydrogen (secondary N) is 1. The van der Waals surface area contributed by atoms with Crippen LogP contribution in [0.5, 0.6) is 0 Å². The van der Waals surface area contributed by atoms with Crippen molar-refractivity contribution in [2.45, 2.75) is 15.9 Å². The van der Waals surface area contributed by atoms with Crippen LogP contribution in [0.3, 0.4) is 0 Å². The number of alkyl carbamates (subject to hydrolysis) is 1. The molecule has 5 nitrogen and oxygen atoms in total. The maximum Gasteiger partial charge on any atom is 0.407 e. The molecule has 0 aliphatic carbocycles. The minimum absolute atomic E-state index is 0.289. The van der Waals surface area contributed by atoms with Crippen molar-refractivity contribution in [1.29, 1.82) is 0 Å². The highest BCUT2D eigenvalue weighted by atomic mass is 35.6. The van der Waals surface area contributed by atoms with Gasteiger partial charge in [0.1, 0.15) is 12.6 Å². The van der Waals surface area contributed by atoms with Crippen LogP contribution in [0, 0.1) is 0 Å². The Bertz CT molecular complexity index is 530. The number of azo groups is 1. The fourth-order valence-corrected chi connectivity index (χ4v) is 2.12. The van der Waals surface area contributed by atoms with Crippen LogP contribution in [0.1, 0.15) is 11.6 Å². The molecule has 0 saturated heterocycles. The third-order valence-corrected chi connectivity index (χ3v) is 3.33. The summed E-state index contributed by atoms with van der Waals surface area (Å²) in [6.07, 6.45) is -0.683. The first-order chi connectivity index (χ1) is 9.85. The molecule has 0 radical (unpaired) electrons. The van der Waals surface area contributed by atoms with E-state index in [9.17, 15) is 4.79 Å². The third-order valence-electron chi connectivity index (χ3n) is 2.75. The summed E-state index contributed by atoms with van der Waals surface area (Å²) in [6.45, 7) is 0.0201. The summed E-state index contributed by atoms with van der Waals surface area (Å²) in [7, 11) is 0. The maximum absolute atomic E-state index is 11.7. The average Bonchev–Trinajstić information content (AvgIpc) is 2.85. The zero-order valence-electron chi connectivity index (χ0n) is 10.6. The van der Waals surface area contributed by atoms with Gasteiger partial charge in [0.05, 0.1) is 12.6 Å². The van der Waals surface area contributed by atoms with Crippen molar-refractivity contribution in [3.05, 3.63) is 34.9 Å². The molecule has 1 aromatic rings. The molecular formula is C12H11Cl4N3O2. The Morgan fingerprint density at radius 2 is 2.00 bits per heavy atom. The van der Waals surface area contributed by atoms with Crippen molar-refractivity contribution in [2.24, 2.45) is 10.2 Å². The molecule has 0 aromatic heterocycles. The molecule has 1 aromatic carbocycles. The summed E-state index contributed by atoms with van der Waals surface area (Å²) in [4.78, 5) is 11.7. The first-order valence-corrected chi connectivity index (χ1v) is 7.48. The van der Waals surface area contributed by atoms with Gasteiger partial charge < -0.3 is 10.1 Å². The highest BCUT2D eigenvalue weighted by molar-refractivity contribution is 6.67. The van der Waals surface area contributed by atoms with Crippen LogP contribution >= 0.6 is 46.4 Å². The SMILES string of the molecule is O=C(NC1CN=NC1c1ccc(Cl)cc1)OCC(Cl)(Cl)Cl. The Hall–Kier alpha value is -0.750. The van der Waals surface area contributed by atoms with E-state index in [0.29, 0.717) is 11.6 Å². The minimum atomic E-state index is -1.64. The summed E-state index contributed by atoms with van der Waals surface area (Å²) in [5, 5.41) is 11.3.